The number of aryl methyl sites for hydroxylation is 1. The SMILES string of the molecule is Cc1nnnn1-c1ccc(F)c(NC(=O)CCNS(=O)(=O)c2ccc3c(c2)OCCCO3)c1. The fourth-order valence-electron chi connectivity index (χ4n) is 3.12. The van der Waals surface area contributed by atoms with Crippen LogP contribution in [-0.4, -0.2) is 54.3 Å². The summed E-state index contributed by atoms with van der Waals surface area (Å²) < 4.78 is 54.1. The number of hydrogen-bond acceptors (Lipinski definition) is 8. The van der Waals surface area contributed by atoms with E-state index in [2.05, 4.69) is 25.6 Å². The topological polar surface area (TPSA) is 137 Å². The number of hydrogen-bond donors (Lipinski definition) is 2. The highest BCUT2D eigenvalue weighted by atomic mass is 32.2. The number of fused-ring (bicyclic) bond motifs is 1. The monoisotopic (exact) mass is 476 g/mol. The number of carbonyl (C=O) groups is 1. The number of ether oxygens (including phenoxy) is 2. The summed E-state index contributed by atoms with van der Waals surface area (Å²) >= 11 is 0. The van der Waals surface area contributed by atoms with Gasteiger partial charge < -0.3 is 14.8 Å². The molecule has 0 bridgehead atoms. The van der Waals surface area contributed by atoms with Crippen LogP contribution in [0, 0.1) is 12.7 Å². The van der Waals surface area contributed by atoms with Crippen LogP contribution < -0.4 is 19.5 Å². The van der Waals surface area contributed by atoms with Gasteiger partial charge in [-0.1, -0.05) is 0 Å². The maximum absolute atomic E-state index is 14.2. The van der Waals surface area contributed by atoms with Gasteiger partial charge in [-0.05, 0) is 47.7 Å². The second kappa shape index (κ2) is 9.50. The third-order valence-electron chi connectivity index (χ3n) is 4.77. The number of rotatable bonds is 7. The molecule has 0 aliphatic carbocycles. The molecule has 0 radical (unpaired) electrons. The number of carbonyl (C=O) groups excluding carboxylic acids is 1. The maximum atomic E-state index is 14.2. The van der Waals surface area contributed by atoms with E-state index in [9.17, 15) is 17.6 Å². The van der Waals surface area contributed by atoms with Crippen molar-refractivity contribution in [1.29, 1.82) is 0 Å². The summed E-state index contributed by atoms with van der Waals surface area (Å²) in [5.74, 6) is 0.0998. The lowest BCUT2D eigenvalue weighted by Gasteiger charge is -2.11. The van der Waals surface area contributed by atoms with Crippen LogP contribution in [0.2, 0.25) is 0 Å². The van der Waals surface area contributed by atoms with Crippen molar-refractivity contribution in [3.05, 3.63) is 48.0 Å². The molecule has 13 heteroatoms. The van der Waals surface area contributed by atoms with Crippen LogP contribution in [0.1, 0.15) is 18.7 Å². The van der Waals surface area contributed by atoms with E-state index in [0.29, 0.717) is 42.6 Å². The van der Waals surface area contributed by atoms with Crippen molar-refractivity contribution >= 4 is 21.6 Å². The van der Waals surface area contributed by atoms with E-state index >= 15 is 0 Å². The van der Waals surface area contributed by atoms with E-state index in [4.69, 9.17) is 9.47 Å². The molecule has 33 heavy (non-hydrogen) atoms. The third-order valence-corrected chi connectivity index (χ3v) is 6.23. The molecule has 4 rings (SSSR count). The van der Waals surface area contributed by atoms with E-state index < -0.39 is 21.7 Å². The molecule has 174 valence electrons. The number of halogens is 1. The molecule has 0 unspecified atom stereocenters. The number of sulfonamides is 1. The van der Waals surface area contributed by atoms with Crippen molar-refractivity contribution in [2.45, 2.75) is 24.7 Å². The van der Waals surface area contributed by atoms with Gasteiger partial charge in [0.2, 0.25) is 15.9 Å². The van der Waals surface area contributed by atoms with Crippen molar-refractivity contribution in [2.24, 2.45) is 0 Å². The maximum Gasteiger partial charge on any atom is 0.240 e. The van der Waals surface area contributed by atoms with Crippen molar-refractivity contribution in [1.82, 2.24) is 24.9 Å². The standard InChI is InChI=1S/C20H21FN6O5S/c1-13-24-25-26-27(13)14-3-5-16(21)17(11-14)23-20(28)7-8-22-33(29,30)15-4-6-18-19(12-15)32-10-2-9-31-18/h3-6,11-12,22H,2,7-10H2,1H3,(H,23,28). The van der Waals surface area contributed by atoms with Gasteiger partial charge in [-0.2, -0.15) is 4.68 Å². The summed E-state index contributed by atoms with van der Waals surface area (Å²) in [6, 6.07) is 8.35. The fourth-order valence-corrected chi connectivity index (χ4v) is 4.16. The number of nitrogens with one attached hydrogen (secondary N) is 2. The van der Waals surface area contributed by atoms with Crippen LogP contribution in [0.4, 0.5) is 10.1 Å². The van der Waals surface area contributed by atoms with Crippen LogP contribution >= 0.6 is 0 Å². The van der Waals surface area contributed by atoms with Crippen molar-refractivity contribution in [3.8, 4) is 17.2 Å². The molecule has 3 aromatic rings. The zero-order valence-electron chi connectivity index (χ0n) is 17.6. The Kier molecular flexibility index (Phi) is 6.51. The summed E-state index contributed by atoms with van der Waals surface area (Å²) in [7, 11) is -3.89. The average Bonchev–Trinajstić information content (AvgIpc) is 3.07. The first-order chi connectivity index (χ1) is 15.8. The molecule has 0 saturated carbocycles. The highest BCUT2D eigenvalue weighted by Gasteiger charge is 2.19. The lowest BCUT2D eigenvalue weighted by molar-refractivity contribution is -0.116. The van der Waals surface area contributed by atoms with Crippen molar-refractivity contribution in [3.63, 3.8) is 0 Å². The van der Waals surface area contributed by atoms with Gasteiger partial charge in [0, 0.05) is 25.5 Å². The lowest BCUT2D eigenvalue weighted by atomic mass is 10.2. The number of tetrazole rings is 1. The minimum Gasteiger partial charge on any atom is -0.490 e. The predicted octanol–water partition coefficient (Wildman–Crippen LogP) is 1.58. The van der Waals surface area contributed by atoms with Crippen LogP contribution in [-0.2, 0) is 14.8 Å². The van der Waals surface area contributed by atoms with Crippen LogP contribution in [0.3, 0.4) is 0 Å². The molecule has 0 spiro atoms. The Bertz CT molecular complexity index is 1280. The molecule has 1 amide bonds. The van der Waals surface area contributed by atoms with E-state index in [0.717, 1.165) is 0 Å². The smallest absolute Gasteiger partial charge is 0.240 e. The molecule has 1 aliphatic rings. The lowest BCUT2D eigenvalue weighted by Crippen LogP contribution is -2.28. The van der Waals surface area contributed by atoms with E-state index in [-0.39, 0.29) is 23.5 Å². The van der Waals surface area contributed by atoms with E-state index in [1.165, 1.54) is 41.1 Å². The molecule has 1 aromatic heterocycles. The Morgan fingerprint density at radius 3 is 2.70 bits per heavy atom. The molecule has 2 heterocycles. The van der Waals surface area contributed by atoms with E-state index in [1.807, 2.05) is 0 Å². The van der Waals surface area contributed by atoms with E-state index in [1.54, 1.807) is 6.92 Å². The minimum atomic E-state index is -3.89. The molecular formula is C20H21FN6O5S. The van der Waals surface area contributed by atoms with Gasteiger partial charge in [0.05, 0.1) is 29.5 Å². The highest BCUT2D eigenvalue weighted by Crippen LogP contribution is 2.31. The Labute approximate surface area is 188 Å². The fraction of sp³-hybridized carbons (Fsp3) is 0.300. The largest absolute Gasteiger partial charge is 0.490 e. The number of aromatic nitrogens is 4. The average molecular weight is 476 g/mol. The molecule has 2 N–H and O–H groups in total. The first-order valence-electron chi connectivity index (χ1n) is 10.1. The first kappa shape index (κ1) is 22.6. The van der Waals surface area contributed by atoms with Crippen LogP contribution in [0.5, 0.6) is 11.5 Å². The zero-order chi connectivity index (χ0) is 23.4. The Morgan fingerprint density at radius 2 is 1.94 bits per heavy atom. The van der Waals surface area contributed by atoms with Gasteiger partial charge in [0.1, 0.15) is 5.82 Å². The molecular weight excluding hydrogens is 455 g/mol. The Balaban J connectivity index is 1.37. The van der Waals surface area contributed by atoms with Gasteiger partial charge in [-0.3, -0.25) is 4.79 Å². The second-order valence-corrected chi connectivity index (χ2v) is 8.92. The van der Waals surface area contributed by atoms with Crippen molar-refractivity contribution < 1.29 is 27.1 Å². The summed E-state index contributed by atoms with van der Waals surface area (Å²) in [4.78, 5) is 12.3. The molecule has 11 nitrogen and oxygen atoms in total. The predicted molar refractivity (Wildman–Crippen MR) is 114 cm³/mol. The van der Waals surface area contributed by atoms with Crippen LogP contribution in [0.15, 0.2) is 41.3 Å². The zero-order valence-corrected chi connectivity index (χ0v) is 18.4. The normalized spacial score (nSPS) is 13.4. The Hall–Kier alpha value is -3.58. The van der Waals surface area contributed by atoms with Gasteiger partial charge in [0.25, 0.3) is 0 Å². The first-order valence-corrected chi connectivity index (χ1v) is 11.6. The van der Waals surface area contributed by atoms with Crippen LogP contribution in [0.25, 0.3) is 5.69 Å². The summed E-state index contributed by atoms with van der Waals surface area (Å²) in [5.41, 5.74) is 0.391. The summed E-state index contributed by atoms with van der Waals surface area (Å²) in [5, 5.41) is 13.5. The molecule has 1 aliphatic heterocycles. The highest BCUT2D eigenvalue weighted by molar-refractivity contribution is 7.89. The number of anilines is 1. The minimum absolute atomic E-state index is 0.0114. The third kappa shape index (κ3) is 5.26. The molecule has 0 fully saturated rings. The number of benzene rings is 2. The van der Waals surface area contributed by atoms with Gasteiger partial charge in [-0.25, -0.2) is 17.5 Å². The van der Waals surface area contributed by atoms with Crippen molar-refractivity contribution in [2.75, 3.05) is 25.1 Å². The van der Waals surface area contributed by atoms with Gasteiger partial charge in [-0.15, -0.1) is 5.10 Å². The Morgan fingerprint density at radius 1 is 1.15 bits per heavy atom. The molecule has 2 aromatic carbocycles. The summed E-state index contributed by atoms with van der Waals surface area (Å²) in [6.07, 6.45) is 0.486. The van der Waals surface area contributed by atoms with Gasteiger partial charge in [0.15, 0.2) is 17.3 Å². The molecule has 0 atom stereocenters. The van der Waals surface area contributed by atoms with Gasteiger partial charge >= 0.3 is 0 Å². The summed E-state index contributed by atoms with van der Waals surface area (Å²) in [6.45, 7) is 2.41. The second-order valence-electron chi connectivity index (χ2n) is 7.16. The quantitative estimate of drug-likeness (QED) is 0.524. The number of nitrogens with zero attached hydrogens (tertiary/aromatic N) is 4. The number of amides is 1. The molecule has 0 saturated heterocycles.